The lowest BCUT2D eigenvalue weighted by atomic mass is 9.89. The Morgan fingerprint density at radius 2 is 1.89 bits per heavy atom. The van der Waals surface area contributed by atoms with Gasteiger partial charge in [0.15, 0.2) is 0 Å². The standard InChI is InChI=1S/C18H27O8P/c1-4-22-18(20)17-13(14-11-12-16(19)25-14)9-7-8-10-15(17)26-27(21,23-5-2)24-6-3/h11-14H,4-10H2,1-3H3. The van der Waals surface area contributed by atoms with Gasteiger partial charge in [-0.3, -0.25) is 9.05 Å². The van der Waals surface area contributed by atoms with Gasteiger partial charge in [0.1, 0.15) is 11.9 Å². The molecule has 0 fully saturated rings. The summed E-state index contributed by atoms with van der Waals surface area (Å²) in [5.74, 6) is -1.25. The Morgan fingerprint density at radius 3 is 2.44 bits per heavy atom. The van der Waals surface area contributed by atoms with Crippen molar-refractivity contribution in [3.8, 4) is 0 Å². The average molecular weight is 402 g/mol. The maximum Gasteiger partial charge on any atom is 0.529 e. The Bertz CT molecular complexity index is 644. The molecule has 9 heteroatoms. The Labute approximate surface area is 159 Å². The molecule has 0 N–H and O–H groups in total. The lowest BCUT2D eigenvalue weighted by Gasteiger charge is -2.25. The molecule has 27 heavy (non-hydrogen) atoms. The van der Waals surface area contributed by atoms with Gasteiger partial charge in [0.2, 0.25) is 0 Å². The van der Waals surface area contributed by atoms with Crippen LogP contribution in [-0.2, 0) is 37.2 Å². The number of hydrogen-bond acceptors (Lipinski definition) is 8. The van der Waals surface area contributed by atoms with Crippen LogP contribution in [0.1, 0.15) is 46.5 Å². The number of rotatable bonds is 9. The van der Waals surface area contributed by atoms with E-state index in [2.05, 4.69) is 0 Å². The zero-order valence-electron chi connectivity index (χ0n) is 16.0. The normalized spacial score (nSPS) is 23.1. The second kappa shape index (κ2) is 10.1. The predicted octanol–water partition coefficient (Wildman–Crippen LogP) is 3.67. The SMILES string of the molecule is CCOC(=O)C1=C(OP(=O)(OCC)OCC)CCCCC1C1C=CC(=O)O1. The molecule has 1 aliphatic carbocycles. The number of ether oxygens (including phenoxy) is 2. The summed E-state index contributed by atoms with van der Waals surface area (Å²) in [4.78, 5) is 24.2. The number of carbonyl (C=O) groups excluding carboxylic acids is 2. The van der Waals surface area contributed by atoms with E-state index in [-0.39, 0.29) is 31.2 Å². The van der Waals surface area contributed by atoms with E-state index < -0.39 is 31.8 Å². The van der Waals surface area contributed by atoms with Crippen molar-refractivity contribution >= 4 is 19.8 Å². The molecule has 0 amide bonds. The fourth-order valence-electron chi connectivity index (χ4n) is 3.18. The van der Waals surface area contributed by atoms with Crippen molar-refractivity contribution in [3.05, 3.63) is 23.5 Å². The van der Waals surface area contributed by atoms with E-state index in [1.54, 1.807) is 26.8 Å². The van der Waals surface area contributed by atoms with Gasteiger partial charge in [0, 0.05) is 18.4 Å². The highest BCUT2D eigenvalue weighted by molar-refractivity contribution is 7.48. The second-order valence-corrected chi connectivity index (χ2v) is 7.64. The molecule has 0 bridgehead atoms. The van der Waals surface area contributed by atoms with Crippen LogP contribution in [0, 0.1) is 5.92 Å². The third kappa shape index (κ3) is 5.67. The van der Waals surface area contributed by atoms with Gasteiger partial charge >= 0.3 is 19.8 Å². The Kier molecular flexibility index (Phi) is 8.07. The molecule has 0 radical (unpaired) electrons. The van der Waals surface area contributed by atoms with Gasteiger partial charge in [0.25, 0.3) is 0 Å². The highest BCUT2D eigenvalue weighted by Crippen LogP contribution is 2.53. The molecule has 2 aliphatic rings. The minimum atomic E-state index is -3.86. The number of cyclic esters (lactones) is 1. The number of carbonyl (C=O) groups is 2. The predicted molar refractivity (Wildman–Crippen MR) is 96.6 cm³/mol. The van der Waals surface area contributed by atoms with Crippen LogP contribution in [-0.4, -0.2) is 37.9 Å². The molecule has 0 saturated carbocycles. The van der Waals surface area contributed by atoms with E-state index >= 15 is 0 Å². The molecule has 2 atom stereocenters. The number of allylic oxidation sites excluding steroid dienone is 1. The summed E-state index contributed by atoms with van der Waals surface area (Å²) in [5.41, 5.74) is 0.235. The molecule has 2 rings (SSSR count). The molecule has 0 aromatic heterocycles. The summed E-state index contributed by atoms with van der Waals surface area (Å²) in [7, 11) is -3.86. The van der Waals surface area contributed by atoms with Gasteiger partial charge in [-0.05, 0) is 39.7 Å². The molecule has 0 saturated heterocycles. The van der Waals surface area contributed by atoms with Crippen LogP contribution in [0.5, 0.6) is 0 Å². The van der Waals surface area contributed by atoms with Gasteiger partial charge in [-0.15, -0.1) is 0 Å². The Hall–Kier alpha value is -1.63. The van der Waals surface area contributed by atoms with Crippen LogP contribution in [0.4, 0.5) is 0 Å². The van der Waals surface area contributed by atoms with Crippen LogP contribution in [0.15, 0.2) is 23.5 Å². The van der Waals surface area contributed by atoms with E-state index in [0.717, 1.165) is 12.8 Å². The number of phosphoric acid groups is 1. The third-order valence-corrected chi connectivity index (χ3v) is 5.80. The van der Waals surface area contributed by atoms with E-state index in [0.29, 0.717) is 12.8 Å². The largest absolute Gasteiger partial charge is 0.529 e. The zero-order chi connectivity index (χ0) is 19.9. The van der Waals surface area contributed by atoms with Crippen LogP contribution in [0.25, 0.3) is 0 Å². The van der Waals surface area contributed by atoms with Crippen molar-refractivity contribution in [1.29, 1.82) is 0 Å². The van der Waals surface area contributed by atoms with Crippen molar-refractivity contribution in [2.24, 2.45) is 5.92 Å². The van der Waals surface area contributed by atoms with Gasteiger partial charge in [-0.2, -0.15) is 0 Å². The first-order chi connectivity index (χ1) is 12.9. The van der Waals surface area contributed by atoms with Crippen molar-refractivity contribution < 1.29 is 37.2 Å². The molecule has 0 spiro atoms. The monoisotopic (exact) mass is 402 g/mol. The fraction of sp³-hybridized carbons (Fsp3) is 0.667. The molecule has 8 nitrogen and oxygen atoms in total. The smallest absolute Gasteiger partial charge is 0.463 e. The summed E-state index contributed by atoms with van der Waals surface area (Å²) >= 11 is 0. The van der Waals surface area contributed by atoms with Crippen LogP contribution in [0.2, 0.25) is 0 Å². The van der Waals surface area contributed by atoms with Crippen molar-refractivity contribution in [1.82, 2.24) is 0 Å². The number of hydrogen-bond donors (Lipinski definition) is 0. The van der Waals surface area contributed by atoms with E-state index in [1.807, 2.05) is 0 Å². The summed E-state index contributed by atoms with van der Waals surface area (Å²) in [6, 6.07) is 0. The van der Waals surface area contributed by atoms with Crippen LogP contribution < -0.4 is 0 Å². The first-order valence-corrected chi connectivity index (χ1v) is 10.8. The number of esters is 2. The lowest BCUT2D eigenvalue weighted by molar-refractivity contribution is -0.144. The average Bonchev–Trinajstić information content (AvgIpc) is 2.92. The van der Waals surface area contributed by atoms with Crippen molar-refractivity contribution in [3.63, 3.8) is 0 Å². The first-order valence-electron chi connectivity index (χ1n) is 9.31. The van der Waals surface area contributed by atoms with Crippen LogP contribution >= 0.6 is 7.82 Å². The molecular weight excluding hydrogens is 375 g/mol. The highest BCUT2D eigenvalue weighted by Gasteiger charge is 2.39. The maximum atomic E-state index is 12.8. The molecular formula is C18H27O8P. The van der Waals surface area contributed by atoms with E-state index in [4.69, 9.17) is 23.0 Å². The van der Waals surface area contributed by atoms with Crippen molar-refractivity contribution in [2.75, 3.05) is 19.8 Å². The van der Waals surface area contributed by atoms with E-state index in [1.165, 1.54) is 6.08 Å². The molecule has 2 unspecified atom stereocenters. The lowest BCUT2D eigenvalue weighted by Crippen LogP contribution is -2.28. The summed E-state index contributed by atoms with van der Waals surface area (Å²) in [6.07, 6.45) is 4.87. The quantitative estimate of drug-likeness (QED) is 0.426. The van der Waals surface area contributed by atoms with Gasteiger partial charge < -0.3 is 14.0 Å². The highest BCUT2D eigenvalue weighted by atomic mass is 31.2. The second-order valence-electron chi connectivity index (χ2n) is 6.04. The van der Waals surface area contributed by atoms with Gasteiger partial charge in [-0.1, -0.05) is 6.42 Å². The number of phosphoric ester groups is 1. The fourth-order valence-corrected chi connectivity index (χ4v) is 4.45. The Morgan fingerprint density at radius 1 is 1.19 bits per heavy atom. The van der Waals surface area contributed by atoms with Crippen LogP contribution in [0.3, 0.4) is 0 Å². The zero-order valence-corrected chi connectivity index (χ0v) is 16.9. The maximum absolute atomic E-state index is 12.8. The summed E-state index contributed by atoms with van der Waals surface area (Å²) in [6.45, 7) is 5.49. The topological polar surface area (TPSA) is 97.4 Å². The van der Waals surface area contributed by atoms with Crippen molar-refractivity contribution in [2.45, 2.75) is 52.6 Å². The van der Waals surface area contributed by atoms with Gasteiger partial charge in [-0.25, -0.2) is 14.2 Å². The first kappa shape index (κ1) is 21.7. The molecule has 0 aromatic carbocycles. The molecule has 152 valence electrons. The van der Waals surface area contributed by atoms with E-state index in [9.17, 15) is 14.2 Å². The Balaban J connectivity index is 2.43. The summed E-state index contributed by atoms with van der Waals surface area (Å²) in [5, 5.41) is 0. The third-order valence-electron chi connectivity index (χ3n) is 4.20. The minimum Gasteiger partial charge on any atom is -0.463 e. The summed E-state index contributed by atoms with van der Waals surface area (Å²) < 4.78 is 39.4. The van der Waals surface area contributed by atoms with Gasteiger partial charge in [0.05, 0.1) is 25.4 Å². The molecule has 0 aromatic rings. The minimum absolute atomic E-state index is 0.131. The molecule has 1 heterocycles. The molecule has 1 aliphatic heterocycles.